The molecule has 3 aromatic heterocycles. The Labute approximate surface area is 318 Å². The molecule has 2 nitrogen and oxygen atoms in total. The number of hydrogen-bond acceptors (Lipinski definition) is 3. The quantitative estimate of drug-likeness (QED) is 0.153. The lowest BCUT2D eigenvalue weighted by Gasteiger charge is -2.44. The van der Waals surface area contributed by atoms with Crippen molar-refractivity contribution >= 4 is 109 Å². The molecule has 1 aliphatic carbocycles. The van der Waals surface area contributed by atoms with Crippen LogP contribution in [-0.2, 0) is 10.8 Å². The smallest absolute Gasteiger partial charge is 0.333 e. The molecule has 0 fully saturated rings. The minimum atomic E-state index is 0.0535. The van der Waals surface area contributed by atoms with Crippen molar-refractivity contribution in [2.24, 2.45) is 0 Å². The Hall–Kier alpha value is -4.84. The summed E-state index contributed by atoms with van der Waals surface area (Å²) in [6, 6.07) is 40.2. The van der Waals surface area contributed by atoms with E-state index < -0.39 is 0 Å². The van der Waals surface area contributed by atoms with E-state index in [1.165, 1.54) is 126 Å². The minimum Gasteiger partial charge on any atom is -0.367 e. The molecule has 53 heavy (non-hydrogen) atoms. The zero-order chi connectivity index (χ0) is 35.7. The van der Waals surface area contributed by atoms with Crippen LogP contribution in [-0.4, -0.2) is 11.3 Å². The van der Waals surface area contributed by atoms with Crippen molar-refractivity contribution in [3.63, 3.8) is 0 Å². The van der Waals surface area contributed by atoms with Gasteiger partial charge >= 0.3 is 6.85 Å². The Balaban J connectivity index is 1.25. The molecule has 256 valence electrons. The van der Waals surface area contributed by atoms with E-state index in [0.717, 1.165) is 0 Å². The van der Waals surface area contributed by atoms with Crippen molar-refractivity contribution in [2.45, 2.75) is 65.2 Å². The third-order valence-electron chi connectivity index (χ3n) is 13.2. The van der Waals surface area contributed by atoms with Gasteiger partial charge in [-0.1, -0.05) is 94.4 Å². The van der Waals surface area contributed by atoms with Crippen LogP contribution in [0.1, 0.15) is 62.8 Å². The van der Waals surface area contributed by atoms with Gasteiger partial charge in [0.25, 0.3) is 0 Å². The number of para-hydroxylation sites is 1. The molecule has 12 rings (SSSR count). The van der Waals surface area contributed by atoms with E-state index in [9.17, 15) is 0 Å². The predicted molar refractivity (Wildman–Crippen MR) is 233 cm³/mol. The summed E-state index contributed by atoms with van der Waals surface area (Å²) in [5.74, 6) is 0. The van der Waals surface area contributed by atoms with E-state index in [1.807, 2.05) is 22.7 Å². The Morgan fingerprint density at radius 1 is 0.585 bits per heavy atom. The second-order valence-corrected chi connectivity index (χ2v) is 19.4. The highest BCUT2D eigenvalue weighted by atomic mass is 32.1. The summed E-state index contributed by atoms with van der Waals surface area (Å²) in [7, 11) is 0. The van der Waals surface area contributed by atoms with Crippen molar-refractivity contribution in [3.8, 4) is 11.1 Å². The lowest BCUT2D eigenvalue weighted by molar-refractivity contribution is 0.332. The van der Waals surface area contributed by atoms with Gasteiger partial charge in [0.05, 0.1) is 4.83 Å². The van der Waals surface area contributed by atoms with Gasteiger partial charge in [-0.2, -0.15) is 0 Å². The summed E-state index contributed by atoms with van der Waals surface area (Å²) < 4.78 is 6.81. The van der Waals surface area contributed by atoms with Crippen molar-refractivity contribution in [2.75, 3.05) is 4.90 Å². The van der Waals surface area contributed by atoms with Gasteiger partial charge in [-0.25, -0.2) is 0 Å². The SMILES string of the molecule is Cc1cc2c3c(c1)N(c1cc4c(cc1C)C(C)(C)CCC4(C)C)c1cc4c(cc1B3n1c3sc5ccccc5c3c3cccc-2c31)sc1ccccc14. The van der Waals surface area contributed by atoms with Crippen LogP contribution < -0.4 is 15.8 Å². The van der Waals surface area contributed by atoms with Crippen LogP contribution in [0.3, 0.4) is 0 Å². The summed E-state index contributed by atoms with van der Waals surface area (Å²) >= 11 is 3.89. The predicted octanol–water partition coefficient (Wildman–Crippen LogP) is 12.8. The maximum atomic E-state index is 2.74. The van der Waals surface area contributed by atoms with Gasteiger partial charge in [-0.15, -0.1) is 22.7 Å². The van der Waals surface area contributed by atoms with E-state index in [-0.39, 0.29) is 17.7 Å². The zero-order valence-corrected chi connectivity index (χ0v) is 32.7. The maximum absolute atomic E-state index is 2.74. The summed E-state index contributed by atoms with van der Waals surface area (Å²) in [5.41, 5.74) is 16.8. The number of benzene rings is 6. The van der Waals surface area contributed by atoms with Crippen LogP contribution in [0.2, 0.25) is 0 Å². The Bertz CT molecular complexity index is 3120. The molecule has 0 spiro atoms. The van der Waals surface area contributed by atoms with Crippen LogP contribution in [0.4, 0.5) is 17.1 Å². The lowest BCUT2D eigenvalue weighted by atomic mass is 9.45. The van der Waals surface area contributed by atoms with E-state index in [4.69, 9.17) is 0 Å². The third-order valence-corrected chi connectivity index (χ3v) is 15.5. The number of nitrogens with zero attached hydrogens (tertiary/aromatic N) is 2. The number of rotatable bonds is 1. The molecule has 0 radical (unpaired) electrons. The van der Waals surface area contributed by atoms with Gasteiger partial charge in [-0.05, 0) is 113 Å². The first-order valence-corrected chi connectivity index (χ1v) is 20.7. The molecule has 0 saturated carbocycles. The molecule has 2 aliphatic heterocycles. The van der Waals surface area contributed by atoms with E-state index in [1.54, 1.807) is 0 Å². The molecule has 0 bridgehead atoms. The van der Waals surface area contributed by atoms with Crippen molar-refractivity contribution < 1.29 is 0 Å². The van der Waals surface area contributed by atoms with Crippen LogP contribution in [0.25, 0.3) is 62.5 Å². The van der Waals surface area contributed by atoms with Crippen LogP contribution in [0.5, 0.6) is 0 Å². The van der Waals surface area contributed by atoms with Crippen LogP contribution in [0, 0.1) is 13.8 Å². The molecule has 5 heterocycles. The topological polar surface area (TPSA) is 8.17 Å². The molecular formula is C48H39BN2S2. The Morgan fingerprint density at radius 3 is 2.08 bits per heavy atom. The Kier molecular flexibility index (Phi) is 5.79. The lowest BCUT2D eigenvalue weighted by Crippen LogP contribution is -2.56. The van der Waals surface area contributed by atoms with Gasteiger partial charge in [0.1, 0.15) is 0 Å². The first-order chi connectivity index (χ1) is 25.6. The summed E-state index contributed by atoms with van der Waals surface area (Å²) in [6.45, 7) is 14.5. The van der Waals surface area contributed by atoms with Gasteiger partial charge in [0.15, 0.2) is 0 Å². The molecule has 0 N–H and O–H groups in total. The number of anilines is 3. The normalized spacial score (nSPS) is 16.6. The average Bonchev–Trinajstić information content (AvgIpc) is 3.80. The average molecular weight is 719 g/mol. The van der Waals surface area contributed by atoms with Crippen LogP contribution >= 0.6 is 22.7 Å². The standard InChI is InChI=1S/C48H39BN2S2/c1-26-20-33-29-14-11-15-31-43-30-13-8-10-17-41(30)53-46(43)51(45(29)31)49-36-25-42-32(28-12-7-9-16-40(28)52-42)23-38(36)50(39(21-26)44(33)49)37-24-35-34(22-27(37)2)47(3,4)18-19-48(35,5)6/h7-17,20-25H,18-19H2,1-6H3. The number of aromatic nitrogens is 1. The van der Waals surface area contributed by atoms with Gasteiger partial charge in [0, 0.05) is 69.2 Å². The number of hydrogen-bond donors (Lipinski definition) is 0. The van der Waals surface area contributed by atoms with Crippen LogP contribution in [0.15, 0.2) is 103 Å². The van der Waals surface area contributed by atoms with Gasteiger partial charge < -0.3 is 9.38 Å². The summed E-state index contributed by atoms with van der Waals surface area (Å²) in [6.07, 6.45) is 2.41. The van der Waals surface area contributed by atoms with Crippen molar-refractivity contribution in [1.29, 1.82) is 0 Å². The molecule has 3 aliphatic rings. The molecule has 0 unspecified atom stereocenters. The number of aryl methyl sites for hydroxylation is 2. The molecule has 9 aromatic rings. The first-order valence-electron chi connectivity index (χ1n) is 19.1. The van der Waals surface area contributed by atoms with Gasteiger partial charge in [-0.3, -0.25) is 0 Å². The number of fused-ring (bicyclic) bond motifs is 13. The maximum Gasteiger partial charge on any atom is 0.333 e. The van der Waals surface area contributed by atoms with Gasteiger partial charge in [0.2, 0.25) is 0 Å². The minimum absolute atomic E-state index is 0.0535. The fraction of sp³-hybridized carbons (Fsp3) is 0.208. The molecular weight excluding hydrogens is 679 g/mol. The summed E-state index contributed by atoms with van der Waals surface area (Å²) in [5, 5.41) is 6.83. The zero-order valence-electron chi connectivity index (χ0n) is 31.0. The van der Waals surface area contributed by atoms with Crippen molar-refractivity contribution in [3.05, 3.63) is 125 Å². The largest absolute Gasteiger partial charge is 0.367 e. The molecule has 5 heteroatoms. The molecule has 6 aromatic carbocycles. The highest BCUT2D eigenvalue weighted by Gasteiger charge is 2.45. The van der Waals surface area contributed by atoms with E-state index in [0.29, 0.717) is 0 Å². The highest BCUT2D eigenvalue weighted by Crippen LogP contribution is 2.53. The molecule has 0 saturated heterocycles. The summed E-state index contributed by atoms with van der Waals surface area (Å²) in [4.78, 5) is 4.05. The first kappa shape index (κ1) is 30.6. The fourth-order valence-corrected chi connectivity index (χ4v) is 12.8. The third kappa shape index (κ3) is 3.85. The monoisotopic (exact) mass is 718 g/mol. The second kappa shape index (κ2) is 10.0. The van der Waals surface area contributed by atoms with E-state index in [2.05, 4.69) is 154 Å². The molecule has 0 atom stereocenters. The highest BCUT2D eigenvalue weighted by molar-refractivity contribution is 7.26. The number of thiophene rings is 2. The fourth-order valence-electron chi connectivity index (χ4n) is 10.5. The van der Waals surface area contributed by atoms with Crippen molar-refractivity contribution in [1.82, 2.24) is 4.48 Å². The van der Waals surface area contributed by atoms with E-state index >= 15 is 0 Å². The second-order valence-electron chi connectivity index (χ2n) is 17.3. The Morgan fingerprint density at radius 2 is 1.28 bits per heavy atom. The molecule has 0 amide bonds.